The molecule has 0 aliphatic carbocycles. The van der Waals surface area contributed by atoms with Gasteiger partial charge in [0.2, 0.25) is 0 Å². The SMILES string of the molecule is CCNc1ncnc(Nc2cc(C)ccc2F)c1C(C)C. The molecule has 4 nitrogen and oxygen atoms in total. The van der Waals surface area contributed by atoms with Crippen LogP contribution in [-0.4, -0.2) is 16.5 Å². The minimum Gasteiger partial charge on any atom is -0.370 e. The van der Waals surface area contributed by atoms with Crippen LogP contribution in [0.5, 0.6) is 0 Å². The van der Waals surface area contributed by atoms with Crippen LogP contribution in [0.4, 0.5) is 21.7 Å². The molecule has 0 atom stereocenters. The van der Waals surface area contributed by atoms with E-state index >= 15 is 0 Å². The van der Waals surface area contributed by atoms with Crippen molar-refractivity contribution in [3.63, 3.8) is 0 Å². The summed E-state index contributed by atoms with van der Waals surface area (Å²) >= 11 is 0. The molecule has 0 radical (unpaired) electrons. The number of nitrogens with one attached hydrogen (secondary N) is 2. The number of hydrogen-bond acceptors (Lipinski definition) is 4. The highest BCUT2D eigenvalue weighted by Crippen LogP contribution is 2.31. The van der Waals surface area contributed by atoms with Crippen molar-refractivity contribution in [3.8, 4) is 0 Å². The van der Waals surface area contributed by atoms with Crippen molar-refractivity contribution in [1.82, 2.24) is 9.97 Å². The van der Waals surface area contributed by atoms with Crippen LogP contribution in [0, 0.1) is 12.7 Å². The first kappa shape index (κ1) is 15.2. The van der Waals surface area contributed by atoms with Gasteiger partial charge in [0.25, 0.3) is 0 Å². The average molecular weight is 288 g/mol. The van der Waals surface area contributed by atoms with Crippen LogP contribution in [-0.2, 0) is 0 Å². The fourth-order valence-corrected chi connectivity index (χ4v) is 2.21. The smallest absolute Gasteiger partial charge is 0.146 e. The Morgan fingerprint density at radius 2 is 1.90 bits per heavy atom. The van der Waals surface area contributed by atoms with Gasteiger partial charge in [-0.15, -0.1) is 0 Å². The summed E-state index contributed by atoms with van der Waals surface area (Å²) in [4.78, 5) is 8.56. The summed E-state index contributed by atoms with van der Waals surface area (Å²) in [5.41, 5.74) is 2.38. The lowest BCUT2D eigenvalue weighted by molar-refractivity contribution is 0.631. The predicted molar refractivity (Wildman–Crippen MR) is 84.7 cm³/mol. The molecular formula is C16H21FN4. The molecule has 0 spiro atoms. The molecule has 0 saturated carbocycles. The van der Waals surface area contributed by atoms with Crippen LogP contribution < -0.4 is 10.6 Å². The zero-order valence-corrected chi connectivity index (χ0v) is 12.9. The molecule has 2 rings (SSSR count). The number of nitrogens with zero attached hydrogens (tertiary/aromatic N) is 2. The molecule has 5 heteroatoms. The Morgan fingerprint density at radius 3 is 2.57 bits per heavy atom. The van der Waals surface area contributed by atoms with E-state index in [1.807, 2.05) is 13.8 Å². The van der Waals surface area contributed by atoms with Gasteiger partial charge >= 0.3 is 0 Å². The number of aryl methyl sites for hydroxylation is 1. The highest BCUT2D eigenvalue weighted by atomic mass is 19.1. The maximum atomic E-state index is 13.9. The molecule has 21 heavy (non-hydrogen) atoms. The third-order valence-electron chi connectivity index (χ3n) is 3.18. The topological polar surface area (TPSA) is 49.8 Å². The quantitative estimate of drug-likeness (QED) is 0.864. The van der Waals surface area contributed by atoms with Gasteiger partial charge in [0.05, 0.1) is 5.69 Å². The van der Waals surface area contributed by atoms with Crippen molar-refractivity contribution in [2.75, 3.05) is 17.2 Å². The molecule has 0 amide bonds. The van der Waals surface area contributed by atoms with Crippen LogP contribution >= 0.6 is 0 Å². The fourth-order valence-electron chi connectivity index (χ4n) is 2.21. The Morgan fingerprint density at radius 1 is 1.19 bits per heavy atom. The zero-order valence-electron chi connectivity index (χ0n) is 12.9. The Bertz CT molecular complexity index is 626. The van der Waals surface area contributed by atoms with Gasteiger partial charge in [0, 0.05) is 12.1 Å². The van der Waals surface area contributed by atoms with Crippen molar-refractivity contribution < 1.29 is 4.39 Å². The summed E-state index contributed by atoms with van der Waals surface area (Å²) in [6.07, 6.45) is 1.49. The summed E-state index contributed by atoms with van der Waals surface area (Å²) in [6.45, 7) is 8.85. The van der Waals surface area contributed by atoms with Crippen molar-refractivity contribution in [2.45, 2.75) is 33.6 Å². The molecule has 0 bridgehead atoms. The number of hydrogen-bond donors (Lipinski definition) is 2. The standard InChI is InChI=1S/C16H21FN4/c1-5-18-15-14(10(2)3)16(20-9-19-15)21-13-8-11(4)6-7-12(13)17/h6-10H,5H2,1-4H3,(H2,18,19,20,21). The first-order valence-electron chi connectivity index (χ1n) is 7.14. The predicted octanol–water partition coefficient (Wildman–Crippen LogP) is 4.22. The van der Waals surface area contributed by atoms with E-state index in [0.717, 1.165) is 23.5 Å². The van der Waals surface area contributed by atoms with E-state index in [4.69, 9.17) is 0 Å². The van der Waals surface area contributed by atoms with Gasteiger partial charge < -0.3 is 10.6 Å². The fraction of sp³-hybridized carbons (Fsp3) is 0.375. The molecule has 112 valence electrons. The zero-order chi connectivity index (χ0) is 15.4. The summed E-state index contributed by atoms with van der Waals surface area (Å²) in [5, 5.41) is 6.32. The number of aromatic nitrogens is 2. The molecule has 2 N–H and O–H groups in total. The number of anilines is 3. The molecule has 0 unspecified atom stereocenters. The van der Waals surface area contributed by atoms with E-state index in [1.54, 1.807) is 12.1 Å². The average Bonchev–Trinajstić information content (AvgIpc) is 2.43. The molecule has 1 aromatic carbocycles. The largest absolute Gasteiger partial charge is 0.370 e. The minimum atomic E-state index is -0.293. The summed E-state index contributed by atoms with van der Waals surface area (Å²) in [5.74, 6) is 1.35. The van der Waals surface area contributed by atoms with E-state index in [9.17, 15) is 4.39 Å². The Hall–Kier alpha value is -2.17. The third kappa shape index (κ3) is 3.48. The van der Waals surface area contributed by atoms with E-state index in [2.05, 4.69) is 34.4 Å². The first-order valence-corrected chi connectivity index (χ1v) is 7.14. The summed E-state index contributed by atoms with van der Waals surface area (Å²) in [7, 11) is 0. The van der Waals surface area contributed by atoms with Gasteiger partial charge in [-0.3, -0.25) is 0 Å². The van der Waals surface area contributed by atoms with Gasteiger partial charge in [0.1, 0.15) is 23.8 Å². The second-order valence-corrected chi connectivity index (χ2v) is 5.28. The summed E-state index contributed by atoms with van der Waals surface area (Å²) in [6, 6.07) is 4.97. The normalized spacial score (nSPS) is 10.8. The van der Waals surface area contributed by atoms with Crippen LogP contribution in [0.15, 0.2) is 24.5 Å². The van der Waals surface area contributed by atoms with Crippen LogP contribution in [0.2, 0.25) is 0 Å². The molecule has 2 aromatic rings. The summed E-state index contributed by atoms with van der Waals surface area (Å²) < 4.78 is 13.9. The number of rotatable bonds is 5. The van der Waals surface area contributed by atoms with Crippen molar-refractivity contribution in [1.29, 1.82) is 0 Å². The second-order valence-electron chi connectivity index (χ2n) is 5.28. The van der Waals surface area contributed by atoms with E-state index < -0.39 is 0 Å². The maximum absolute atomic E-state index is 13.9. The van der Waals surface area contributed by atoms with Crippen LogP contribution in [0.3, 0.4) is 0 Å². The third-order valence-corrected chi connectivity index (χ3v) is 3.18. The van der Waals surface area contributed by atoms with Gasteiger partial charge in [0.15, 0.2) is 0 Å². The lowest BCUT2D eigenvalue weighted by Gasteiger charge is -2.17. The second kappa shape index (κ2) is 6.52. The van der Waals surface area contributed by atoms with Crippen LogP contribution in [0.25, 0.3) is 0 Å². The van der Waals surface area contributed by atoms with Crippen LogP contribution in [0.1, 0.15) is 37.8 Å². The van der Waals surface area contributed by atoms with E-state index in [-0.39, 0.29) is 11.7 Å². The van der Waals surface area contributed by atoms with E-state index in [1.165, 1.54) is 12.4 Å². The van der Waals surface area contributed by atoms with Gasteiger partial charge in [-0.05, 0) is 37.5 Å². The molecule has 0 aliphatic heterocycles. The number of benzene rings is 1. The Labute approximate surface area is 124 Å². The lowest BCUT2D eigenvalue weighted by Crippen LogP contribution is -2.09. The first-order chi connectivity index (χ1) is 10.0. The molecule has 1 heterocycles. The van der Waals surface area contributed by atoms with Gasteiger partial charge in [-0.1, -0.05) is 19.9 Å². The maximum Gasteiger partial charge on any atom is 0.146 e. The lowest BCUT2D eigenvalue weighted by atomic mass is 10.0. The molecule has 0 saturated heterocycles. The van der Waals surface area contributed by atoms with Crippen molar-refractivity contribution in [3.05, 3.63) is 41.5 Å². The molecular weight excluding hydrogens is 267 g/mol. The van der Waals surface area contributed by atoms with Gasteiger partial charge in [-0.2, -0.15) is 0 Å². The van der Waals surface area contributed by atoms with E-state index in [0.29, 0.717) is 11.5 Å². The van der Waals surface area contributed by atoms with Crippen molar-refractivity contribution >= 4 is 17.3 Å². The number of halogens is 1. The highest BCUT2D eigenvalue weighted by molar-refractivity contribution is 5.66. The monoisotopic (exact) mass is 288 g/mol. The Kier molecular flexibility index (Phi) is 4.73. The molecule has 0 aliphatic rings. The molecule has 0 fully saturated rings. The van der Waals surface area contributed by atoms with Gasteiger partial charge in [-0.25, -0.2) is 14.4 Å². The Balaban J connectivity index is 2.43. The minimum absolute atomic E-state index is 0.218. The highest BCUT2D eigenvalue weighted by Gasteiger charge is 2.15. The van der Waals surface area contributed by atoms with Crippen molar-refractivity contribution in [2.24, 2.45) is 0 Å². The molecule has 1 aromatic heterocycles.